The molecule has 1 amide bonds. The number of hydrogen-bond acceptors (Lipinski definition) is 5. The van der Waals surface area contributed by atoms with Crippen molar-refractivity contribution in [3.63, 3.8) is 0 Å². The summed E-state index contributed by atoms with van der Waals surface area (Å²) >= 11 is 6.54. The highest BCUT2D eigenvalue weighted by molar-refractivity contribution is 6.33. The number of aliphatic imine (C=N–C) groups is 1. The van der Waals surface area contributed by atoms with Crippen molar-refractivity contribution in [2.24, 2.45) is 4.99 Å². The Bertz CT molecular complexity index is 1490. The van der Waals surface area contributed by atoms with Gasteiger partial charge in [-0.15, -0.1) is 0 Å². The smallest absolute Gasteiger partial charge is 0.412 e. The number of amidine groups is 1. The molecule has 2 N–H and O–H groups in total. The molecule has 2 heterocycles. The molecule has 0 saturated carbocycles. The van der Waals surface area contributed by atoms with Crippen LogP contribution >= 0.6 is 11.6 Å². The zero-order valence-corrected chi connectivity index (χ0v) is 18.4. The molecule has 164 valence electrons. The van der Waals surface area contributed by atoms with Crippen LogP contribution in [0.2, 0.25) is 5.02 Å². The molecule has 0 aliphatic carbocycles. The quantitative estimate of drug-likeness (QED) is 0.462. The van der Waals surface area contributed by atoms with Crippen LogP contribution in [0.1, 0.15) is 16.8 Å². The standard InChI is InChI=1S/C25H19ClN4O3/c1-33-25(32)28-23-13-16-8-7-15(12-21(16)27-23)19-10-14(6-9-20(19)26)11-22-17-4-2-3-5-18(17)24(31)30-29-22/h2-10,12H,11,13H2,1H3,(H,30,31)(H,27,28,32). The summed E-state index contributed by atoms with van der Waals surface area (Å²) in [6.07, 6.45) is 0.530. The molecule has 0 spiro atoms. The average molecular weight is 459 g/mol. The summed E-state index contributed by atoms with van der Waals surface area (Å²) in [5.74, 6) is 0.546. The maximum Gasteiger partial charge on any atom is 0.412 e. The Morgan fingerprint density at radius 2 is 1.94 bits per heavy atom. The third-order valence-corrected chi connectivity index (χ3v) is 5.95. The number of aromatic amines is 1. The number of hydrogen-bond donors (Lipinski definition) is 2. The van der Waals surface area contributed by atoms with Crippen molar-refractivity contribution in [3.8, 4) is 11.1 Å². The molecule has 0 radical (unpaired) electrons. The summed E-state index contributed by atoms with van der Waals surface area (Å²) in [6.45, 7) is 0. The van der Waals surface area contributed by atoms with Crippen molar-refractivity contribution in [2.75, 3.05) is 7.11 Å². The van der Waals surface area contributed by atoms with Gasteiger partial charge < -0.3 is 4.74 Å². The number of nitrogens with one attached hydrogen (secondary N) is 2. The Labute approximate surface area is 194 Å². The number of alkyl carbamates (subject to hydrolysis) is 1. The maximum atomic E-state index is 12.1. The first-order chi connectivity index (χ1) is 16.0. The molecular formula is C25H19ClN4O3. The van der Waals surface area contributed by atoms with E-state index in [0.717, 1.165) is 39.0 Å². The molecule has 4 aromatic rings. The van der Waals surface area contributed by atoms with Gasteiger partial charge in [-0.2, -0.15) is 5.10 Å². The number of benzene rings is 3. The van der Waals surface area contributed by atoms with Gasteiger partial charge in [-0.05, 0) is 41.0 Å². The summed E-state index contributed by atoms with van der Waals surface area (Å²) in [4.78, 5) is 28.1. The van der Waals surface area contributed by atoms with E-state index in [9.17, 15) is 9.59 Å². The number of halogens is 1. The number of fused-ring (bicyclic) bond motifs is 2. The molecule has 8 heteroatoms. The topological polar surface area (TPSA) is 96.4 Å². The van der Waals surface area contributed by atoms with E-state index in [1.165, 1.54) is 7.11 Å². The van der Waals surface area contributed by atoms with Gasteiger partial charge in [-0.1, -0.05) is 48.0 Å². The largest absolute Gasteiger partial charge is 0.453 e. The highest BCUT2D eigenvalue weighted by Crippen LogP contribution is 2.35. The van der Waals surface area contributed by atoms with Crippen molar-refractivity contribution >= 4 is 40.0 Å². The van der Waals surface area contributed by atoms with Crippen molar-refractivity contribution < 1.29 is 9.53 Å². The number of amides is 1. The van der Waals surface area contributed by atoms with Crippen molar-refractivity contribution in [1.82, 2.24) is 15.5 Å². The lowest BCUT2D eigenvalue weighted by Gasteiger charge is -2.10. The van der Waals surface area contributed by atoms with Crippen molar-refractivity contribution in [1.29, 1.82) is 0 Å². The predicted octanol–water partition coefficient (Wildman–Crippen LogP) is 4.78. The minimum absolute atomic E-state index is 0.203. The van der Waals surface area contributed by atoms with E-state index in [1.807, 2.05) is 54.6 Å². The van der Waals surface area contributed by atoms with Crippen LogP contribution in [0.5, 0.6) is 0 Å². The lowest BCUT2D eigenvalue weighted by Crippen LogP contribution is -2.30. The molecule has 7 nitrogen and oxygen atoms in total. The molecule has 5 rings (SSSR count). The van der Waals surface area contributed by atoms with E-state index in [0.29, 0.717) is 29.1 Å². The number of ether oxygens (including phenoxy) is 1. The van der Waals surface area contributed by atoms with Crippen LogP contribution in [0.3, 0.4) is 0 Å². The second kappa shape index (κ2) is 8.52. The molecule has 0 bridgehead atoms. The molecule has 33 heavy (non-hydrogen) atoms. The zero-order chi connectivity index (χ0) is 22.9. The van der Waals surface area contributed by atoms with Crippen LogP contribution in [0, 0.1) is 0 Å². The number of carbonyl (C=O) groups excluding carboxylic acids is 1. The Balaban J connectivity index is 1.48. The van der Waals surface area contributed by atoms with Gasteiger partial charge in [0.2, 0.25) is 0 Å². The fraction of sp³-hybridized carbons (Fsp3) is 0.120. The number of H-pyrrole nitrogens is 1. The molecule has 0 atom stereocenters. The summed E-state index contributed by atoms with van der Waals surface area (Å²) < 4.78 is 4.64. The lowest BCUT2D eigenvalue weighted by molar-refractivity contribution is 0.176. The van der Waals surface area contributed by atoms with Crippen LogP contribution in [-0.2, 0) is 17.6 Å². The number of rotatable bonds is 3. The summed E-state index contributed by atoms with van der Waals surface area (Å²) in [7, 11) is 1.32. The SMILES string of the molecule is COC(=O)NC1=Nc2cc(-c3cc(Cc4n[nH]c(=O)c5ccccc45)ccc3Cl)ccc2C1. The molecule has 1 aromatic heterocycles. The number of aromatic nitrogens is 2. The number of nitrogens with zero attached hydrogens (tertiary/aromatic N) is 2. The van der Waals surface area contributed by atoms with Gasteiger partial charge in [0.25, 0.3) is 5.56 Å². The summed E-state index contributed by atoms with van der Waals surface area (Å²) in [6, 6.07) is 19.2. The first kappa shape index (κ1) is 20.9. The third-order valence-electron chi connectivity index (χ3n) is 5.62. The minimum Gasteiger partial charge on any atom is -0.453 e. The Kier molecular flexibility index (Phi) is 5.40. The zero-order valence-electron chi connectivity index (χ0n) is 17.7. The van der Waals surface area contributed by atoms with Gasteiger partial charge in [-0.25, -0.2) is 14.9 Å². The second-order valence-corrected chi connectivity index (χ2v) is 8.14. The highest BCUT2D eigenvalue weighted by atomic mass is 35.5. The van der Waals surface area contributed by atoms with Gasteiger partial charge in [0.1, 0.15) is 5.84 Å². The van der Waals surface area contributed by atoms with Gasteiger partial charge in [0.05, 0.1) is 23.9 Å². The van der Waals surface area contributed by atoms with Crippen LogP contribution in [0.4, 0.5) is 10.5 Å². The Morgan fingerprint density at radius 1 is 1.12 bits per heavy atom. The molecule has 0 saturated heterocycles. The average Bonchev–Trinajstić information content (AvgIpc) is 3.23. The maximum absolute atomic E-state index is 12.1. The van der Waals surface area contributed by atoms with E-state index in [4.69, 9.17) is 11.6 Å². The minimum atomic E-state index is -0.541. The number of carbonyl (C=O) groups is 1. The molecular weight excluding hydrogens is 440 g/mol. The Morgan fingerprint density at radius 3 is 2.76 bits per heavy atom. The predicted molar refractivity (Wildman–Crippen MR) is 128 cm³/mol. The second-order valence-electron chi connectivity index (χ2n) is 7.73. The molecule has 1 aliphatic heterocycles. The lowest BCUT2D eigenvalue weighted by atomic mass is 9.98. The normalized spacial score (nSPS) is 12.4. The molecule has 1 aliphatic rings. The van der Waals surface area contributed by atoms with Gasteiger partial charge >= 0.3 is 6.09 Å². The highest BCUT2D eigenvalue weighted by Gasteiger charge is 2.18. The van der Waals surface area contributed by atoms with E-state index < -0.39 is 6.09 Å². The first-order valence-corrected chi connectivity index (χ1v) is 10.7. The van der Waals surface area contributed by atoms with Crippen molar-refractivity contribution in [3.05, 3.63) is 92.9 Å². The molecule has 0 fully saturated rings. The van der Waals surface area contributed by atoms with E-state index in [-0.39, 0.29) is 5.56 Å². The first-order valence-electron chi connectivity index (χ1n) is 10.3. The van der Waals surface area contributed by atoms with Crippen LogP contribution in [-0.4, -0.2) is 29.2 Å². The van der Waals surface area contributed by atoms with Crippen LogP contribution in [0.25, 0.3) is 21.9 Å². The van der Waals surface area contributed by atoms with Crippen molar-refractivity contribution in [2.45, 2.75) is 12.8 Å². The fourth-order valence-corrected chi connectivity index (χ4v) is 4.22. The van der Waals surface area contributed by atoms with E-state index >= 15 is 0 Å². The Hall–Kier alpha value is -3.97. The van der Waals surface area contributed by atoms with Gasteiger partial charge in [0.15, 0.2) is 0 Å². The molecule has 0 unspecified atom stereocenters. The number of methoxy groups -OCH3 is 1. The fourth-order valence-electron chi connectivity index (χ4n) is 3.99. The summed E-state index contributed by atoms with van der Waals surface area (Å²) in [5.41, 5.74) is 5.19. The monoisotopic (exact) mass is 458 g/mol. The van der Waals surface area contributed by atoms with Gasteiger partial charge in [0, 0.05) is 28.8 Å². The van der Waals surface area contributed by atoms with Gasteiger partial charge in [-0.3, -0.25) is 10.1 Å². The molecule has 3 aromatic carbocycles. The summed E-state index contributed by atoms with van der Waals surface area (Å²) in [5, 5.41) is 11.6. The van der Waals surface area contributed by atoms with E-state index in [2.05, 4.69) is 25.2 Å². The van der Waals surface area contributed by atoms with E-state index in [1.54, 1.807) is 6.07 Å². The third kappa shape index (κ3) is 4.10. The van der Waals surface area contributed by atoms with Crippen LogP contribution < -0.4 is 10.9 Å². The van der Waals surface area contributed by atoms with Crippen LogP contribution in [0.15, 0.2) is 70.5 Å².